The maximum atomic E-state index is 12.4. The number of anilines is 1. The Morgan fingerprint density at radius 1 is 1.27 bits per heavy atom. The van der Waals surface area contributed by atoms with Crippen LogP contribution in [0.4, 0.5) is 5.69 Å². The SMILES string of the molecule is N#Cc1cccc(NC(=O)C2CC(=O)N(CCc3cccc(Cl)c3)C2)c1. The van der Waals surface area contributed by atoms with E-state index in [4.69, 9.17) is 16.9 Å². The number of hydrogen-bond acceptors (Lipinski definition) is 3. The predicted octanol–water partition coefficient (Wildman–Crippen LogP) is 3.24. The van der Waals surface area contributed by atoms with E-state index in [0.29, 0.717) is 35.8 Å². The molecule has 0 bridgehead atoms. The standard InChI is InChI=1S/C20H18ClN3O2/c21-17-5-1-3-14(9-17)7-8-24-13-16(11-19(24)25)20(26)23-18-6-2-4-15(10-18)12-22/h1-6,9-10,16H,7-8,11,13H2,(H,23,26). The van der Waals surface area contributed by atoms with Crippen molar-refractivity contribution in [3.8, 4) is 6.07 Å². The molecule has 2 amide bonds. The number of nitriles is 1. The molecule has 1 aliphatic heterocycles. The summed E-state index contributed by atoms with van der Waals surface area (Å²) in [4.78, 5) is 26.4. The molecule has 1 fully saturated rings. The van der Waals surface area contributed by atoms with E-state index < -0.39 is 0 Å². The normalized spacial score (nSPS) is 16.4. The summed E-state index contributed by atoms with van der Waals surface area (Å²) < 4.78 is 0. The van der Waals surface area contributed by atoms with Gasteiger partial charge in [0.05, 0.1) is 17.6 Å². The zero-order chi connectivity index (χ0) is 18.5. The fraction of sp³-hybridized carbons (Fsp3) is 0.250. The van der Waals surface area contributed by atoms with Gasteiger partial charge in [-0.1, -0.05) is 29.8 Å². The highest BCUT2D eigenvalue weighted by Gasteiger charge is 2.34. The van der Waals surface area contributed by atoms with Crippen LogP contribution in [0.5, 0.6) is 0 Å². The van der Waals surface area contributed by atoms with E-state index >= 15 is 0 Å². The molecule has 0 radical (unpaired) electrons. The number of nitrogens with one attached hydrogen (secondary N) is 1. The fourth-order valence-corrected chi connectivity index (χ4v) is 3.24. The number of amides is 2. The average molecular weight is 368 g/mol. The Kier molecular flexibility index (Phi) is 5.55. The number of nitrogens with zero attached hydrogens (tertiary/aromatic N) is 2. The molecular weight excluding hydrogens is 350 g/mol. The van der Waals surface area contributed by atoms with Gasteiger partial charge in [-0.3, -0.25) is 9.59 Å². The van der Waals surface area contributed by atoms with Crippen molar-refractivity contribution in [2.24, 2.45) is 5.92 Å². The van der Waals surface area contributed by atoms with Gasteiger partial charge < -0.3 is 10.2 Å². The van der Waals surface area contributed by atoms with E-state index in [1.807, 2.05) is 30.3 Å². The number of hydrogen-bond donors (Lipinski definition) is 1. The van der Waals surface area contributed by atoms with E-state index in [9.17, 15) is 9.59 Å². The third-order valence-electron chi connectivity index (χ3n) is 4.40. The first-order chi connectivity index (χ1) is 12.5. The molecular formula is C20H18ClN3O2. The molecule has 1 aliphatic rings. The smallest absolute Gasteiger partial charge is 0.229 e. The molecule has 1 heterocycles. The minimum atomic E-state index is -0.382. The van der Waals surface area contributed by atoms with Crippen LogP contribution in [-0.2, 0) is 16.0 Å². The summed E-state index contributed by atoms with van der Waals surface area (Å²) in [6.45, 7) is 0.968. The second-order valence-electron chi connectivity index (χ2n) is 6.30. The van der Waals surface area contributed by atoms with Crippen molar-refractivity contribution in [1.82, 2.24) is 4.90 Å². The molecule has 0 spiro atoms. The number of carbonyl (C=O) groups is 2. The molecule has 5 nitrogen and oxygen atoms in total. The Labute approximate surface area is 157 Å². The number of carbonyl (C=O) groups excluding carboxylic acids is 2. The van der Waals surface area contributed by atoms with E-state index in [1.54, 1.807) is 29.2 Å². The van der Waals surface area contributed by atoms with Crippen LogP contribution in [0.1, 0.15) is 17.5 Å². The zero-order valence-electron chi connectivity index (χ0n) is 14.1. The first-order valence-corrected chi connectivity index (χ1v) is 8.76. The van der Waals surface area contributed by atoms with E-state index in [-0.39, 0.29) is 24.2 Å². The van der Waals surface area contributed by atoms with Gasteiger partial charge in [-0.25, -0.2) is 0 Å². The minimum Gasteiger partial charge on any atom is -0.342 e. The monoisotopic (exact) mass is 367 g/mol. The first-order valence-electron chi connectivity index (χ1n) is 8.38. The van der Waals surface area contributed by atoms with Gasteiger partial charge in [0, 0.05) is 30.2 Å². The topological polar surface area (TPSA) is 73.2 Å². The maximum absolute atomic E-state index is 12.4. The van der Waals surface area contributed by atoms with Crippen molar-refractivity contribution < 1.29 is 9.59 Å². The van der Waals surface area contributed by atoms with Gasteiger partial charge in [-0.05, 0) is 42.3 Å². The second-order valence-corrected chi connectivity index (χ2v) is 6.74. The van der Waals surface area contributed by atoms with Crippen molar-refractivity contribution >= 4 is 29.1 Å². The van der Waals surface area contributed by atoms with Gasteiger partial charge in [0.2, 0.25) is 11.8 Å². The minimum absolute atomic E-state index is 0.0158. The Bertz CT molecular complexity index is 875. The van der Waals surface area contributed by atoms with Gasteiger partial charge in [0.1, 0.15) is 0 Å². The highest BCUT2D eigenvalue weighted by atomic mass is 35.5. The molecule has 3 rings (SSSR count). The summed E-state index contributed by atoms with van der Waals surface area (Å²) in [5.41, 5.74) is 2.11. The van der Waals surface area contributed by atoms with E-state index in [0.717, 1.165) is 5.56 Å². The summed E-state index contributed by atoms with van der Waals surface area (Å²) in [7, 11) is 0. The molecule has 1 unspecified atom stereocenters. The third kappa shape index (κ3) is 4.41. The number of likely N-dealkylation sites (tertiary alicyclic amines) is 1. The Balaban J connectivity index is 1.56. The van der Waals surface area contributed by atoms with Crippen molar-refractivity contribution in [1.29, 1.82) is 5.26 Å². The molecule has 0 saturated carbocycles. The highest BCUT2D eigenvalue weighted by Crippen LogP contribution is 2.21. The van der Waals surface area contributed by atoms with Crippen molar-refractivity contribution in [2.45, 2.75) is 12.8 Å². The highest BCUT2D eigenvalue weighted by molar-refractivity contribution is 6.30. The van der Waals surface area contributed by atoms with Crippen LogP contribution in [-0.4, -0.2) is 29.8 Å². The number of benzene rings is 2. The number of halogens is 1. The summed E-state index contributed by atoms with van der Waals surface area (Å²) in [6.07, 6.45) is 0.907. The lowest BCUT2D eigenvalue weighted by Gasteiger charge is -2.16. The lowest BCUT2D eigenvalue weighted by molar-refractivity contribution is -0.128. The van der Waals surface area contributed by atoms with Crippen LogP contribution in [0, 0.1) is 17.2 Å². The van der Waals surface area contributed by atoms with Crippen LogP contribution in [0.15, 0.2) is 48.5 Å². The third-order valence-corrected chi connectivity index (χ3v) is 4.64. The maximum Gasteiger partial charge on any atom is 0.229 e. The largest absolute Gasteiger partial charge is 0.342 e. The van der Waals surface area contributed by atoms with Crippen LogP contribution in [0.25, 0.3) is 0 Å². The summed E-state index contributed by atoms with van der Waals surface area (Å²) >= 11 is 5.98. The molecule has 0 aromatic heterocycles. The Hall–Kier alpha value is -2.84. The average Bonchev–Trinajstić information content (AvgIpc) is 3.01. The lowest BCUT2D eigenvalue weighted by Crippen LogP contribution is -2.30. The van der Waals surface area contributed by atoms with Gasteiger partial charge in [-0.15, -0.1) is 0 Å². The Morgan fingerprint density at radius 2 is 2.08 bits per heavy atom. The molecule has 1 saturated heterocycles. The summed E-state index contributed by atoms with van der Waals surface area (Å²) in [5.74, 6) is -0.593. The first kappa shape index (κ1) is 18.0. The molecule has 1 N–H and O–H groups in total. The molecule has 132 valence electrons. The van der Waals surface area contributed by atoms with Crippen LogP contribution >= 0.6 is 11.6 Å². The molecule has 2 aromatic rings. The zero-order valence-corrected chi connectivity index (χ0v) is 14.9. The number of rotatable bonds is 5. The lowest BCUT2D eigenvalue weighted by atomic mass is 10.1. The van der Waals surface area contributed by atoms with Crippen molar-refractivity contribution in [3.63, 3.8) is 0 Å². The van der Waals surface area contributed by atoms with E-state index in [1.165, 1.54) is 0 Å². The van der Waals surface area contributed by atoms with Crippen molar-refractivity contribution in [2.75, 3.05) is 18.4 Å². The van der Waals surface area contributed by atoms with Gasteiger partial charge in [-0.2, -0.15) is 5.26 Å². The van der Waals surface area contributed by atoms with E-state index in [2.05, 4.69) is 5.32 Å². The van der Waals surface area contributed by atoms with Gasteiger partial charge in [0.25, 0.3) is 0 Å². The molecule has 6 heteroatoms. The van der Waals surface area contributed by atoms with Gasteiger partial charge in [0.15, 0.2) is 0 Å². The molecule has 1 atom stereocenters. The second kappa shape index (κ2) is 8.03. The van der Waals surface area contributed by atoms with Crippen LogP contribution < -0.4 is 5.32 Å². The van der Waals surface area contributed by atoms with Crippen LogP contribution in [0.2, 0.25) is 5.02 Å². The Morgan fingerprint density at radius 3 is 2.85 bits per heavy atom. The predicted molar refractivity (Wildman–Crippen MR) is 99.6 cm³/mol. The summed E-state index contributed by atoms with van der Waals surface area (Å²) in [5, 5.41) is 12.4. The molecule has 2 aromatic carbocycles. The fourth-order valence-electron chi connectivity index (χ4n) is 3.03. The quantitative estimate of drug-likeness (QED) is 0.881. The van der Waals surface area contributed by atoms with Crippen LogP contribution in [0.3, 0.4) is 0 Å². The summed E-state index contributed by atoms with van der Waals surface area (Å²) in [6, 6.07) is 16.3. The van der Waals surface area contributed by atoms with Crippen molar-refractivity contribution in [3.05, 3.63) is 64.7 Å². The van der Waals surface area contributed by atoms with Gasteiger partial charge >= 0.3 is 0 Å². The molecule has 26 heavy (non-hydrogen) atoms. The molecule has 0 aliphatic carbocycles.